The molecule has 0 spiro atoms. The van der Waals surface area contributed by atoms with Crippen LogP contribution in [0.1, 0.15) is 62.1 Å². The van der Waals surface area contributed by atoms with Gasteiger partial charge in [-0.25, -0.2) is 0 Å². The lowest BCUT2D eigenvalue weighted by molar-refractivity contribution is 0.607. The van der Waals surface area contributed by atoms with Crippen molar-refractivity contribution < 1.29 is 0 Å². The monoisotopic (exact) mass is 216 g/mol. The van der Waals surface area contributed by atoms with Gasteiger partial charge in [0.25, 0.3) is 0 Å². The Morgan fingerprint density at radius 3 is 2.31 bits per heavy atom. The van der Waals surface area contributed by atoms with Gasteiger partial charge < -0.3 is 0 Å². The van der Waals surface area contributed by atoms with E-state index in [1.165, 1.54) is 57.8 Å². The minimum absolute atomic E-state index is 1.29. The lowest BCUT2D eigenvalue weighted by atomic mass is 9.86. The molecule has 0 saturated heterocycles. The van der Waals surface area contributed by atoms with Gasteiger partial charge in [0, 0.05) is 0 Å². The molecule has 0 heteroatoms. The zero-order chi connectivity index (χ0) is 11.2. The Labute approximate surface area is 100 Å². The van der Waals surface area contributed by atoms with E-state index in [0.717, 1.165) is 0 Å². The van der Waals surface area contributed by atoms with E-state index < -0.39 is 0 Å². The molecule has 0 radical (unpaired) electrons. The highest BCUT2D eigenvalue weighted by Crippen LogP contribution is 2.24. The molecule has 16 heavy (non-hydrogen) atoms. The second kappa shape index (κ2) is 6.08. The molecule has 88 valence electrons. The fourth-order valence-electron chi connectivity index (χ4n) is 2.51. The van der Waals surface area contributed by atoms with Gasteiger partial charge in [-0.3, -0.25) is 0 Å². The predicted octanol–water partition coefficient (Wildman–Crippen LogP) is 4.69. The van der Waals surface area contributed by atoms with Crippen molar-refractivity contribution in [3.05, 3.63) is 34.9 Å². The first-order chi connectivity index (χ1) is 7.90. The van der Waals surface area contributed by atoms with Crippen LogP contribution in [-0.4, -0.2) is 0 Å². The van der Waals surface area contributed by atoms with Crippen molar-refractivity contribution in [2.24, 2.45) is 0 Å². The molecule has 0 N–H and O–H groups in total. The third-order valence-corrected chi connectivity index (χ3v) is 3.75. The van der Waals surface area contributed by atoms with E-state index in [4.69, 9.17) is 0 Å². The largest absolute Gasteiger partial charge is 0.0654 e. The molecule has 2 rings (SSSR count). The Morgan fingerprint density at radius 1 is 0.875 bits per heavy atom. The molecule has 0 amide bonds. The van der Waals surface area contributed by atoms with E-state index in [1.807, 2.05) is 0 Å². The SMILES string of the molecule is CCCCCCCCc1ccc2c(c1)CC2. The highest BCUT2D eigenvalue weighted by molar-refractivity contribution is 5.38. The summed E-state index contributed by atoms with van der Waals surface area (Å²) in [6.45, 7) is 2.28. The van der Waals surface area contributed by atoms with E-state index in [2.05, 4.69) is 25.1 Å². The van der Waals surface area contributed by atoms with Gasteiger partial charge in [-0.05, 0) is 42.4 Å². The molecule has 0 unspecified atom stereocenters. The summed E-state index contributed by atoms with van der Waals surface area (Å²) in [5.74, 6) is 0. The first-order valence-corrected chi connectivity index (χ1v) is 7.01. The highest BCUT2D eigenvalue weighted by Gasteiger charge is 2.12. The molecule has 1 aromatic carbocycles. The standard InChI is InChI=1S/C16H24/c1-2-3-4-5-6-7-8-14-9-10-15-11-12-16(15)13-14/h9-10,13H,2-8,11-12H2,1H3. The van der Waals surface area contributed by atoms with Gasteiger partial charge in [-0.2, -0.15) is 0 Å². The molecule has 0 bridgehead atoms. The van der Waals surface area contributed by atoms with Crippen molar-refractivity contribution >= 4 is 0 Å². The number of rotatable bonds is 7. The van der Waals surface area contributed by atoms with Gasteiger partial charge in [0.2, 0.25) is 0 Å². The topological polar surface area (TPSA) is 0 Å². The van der Waals surface area contributed by atoms with Crippen LogP contribution >= 0.6 is 0 Å². The van der Waals surface area contributed by atoms with Gasteiger partial charge in [0.05, 0.1) is 0 Å². The van der Waals surface area contributed by atoms with Crippen LogP contribution in [0.2, 0.25) is 0 Å². The van der Waals surface area contributed by atoms with Crippen LogP contribution in [0.4, 0.5) is 0 Å². The number of fused-ring (bicyclic) bond motifs is 1. The Balaban J connectivity index is 1.63. The number of hydrogen-bond donors (Lipinski definition) is 0. The van der Waals surface area contributed by atoms with Crippen LogP contribution in [0.25, 0.3) is 0 Å². The van der Waals surface area contributed by atoms with Gasteiger partial charge in [-0.1, -0.05) is 57.2 Å². The first-order valence-electron chi connectivity index (χ1n) is 7.01. The van der Waals surface area contributed by atoms with Crippen molar-refractivity contribution in [1.29, 1.82) is 0 Å². The zero-order valence-corrected chi connectivity index (χ0v) is 10.6. The number of hydrogen-bond acceptors (Lipinski definition) is 0. The average molecular weight is 216 g/mol. The van der Waals surface area contributed by atoms with Crippen LogP contribution in [-0.2, 0) is 19.3 Å². The molecule has 0 aliphatic heterocycles. The maximum atomic E-state index is 2.44. The van der Waals surface area contributed by atoms with Crippen molar-refractivity contribution in [3.8, 4) is 0 Å². The molecule has 0 aromatic heterocycles. The smallest absolute Gasteiger partial charge is 0.0235 e. The van der Waals surface area contributed by atoms with Gasteiger partial charge in [0.15, 0.2) is 0 Å². The average Bonchev–Trinajstić information content (AvgIpc) is 2.26. The van der Waals surface area contributed by atoms with Crippen molar-refractivity contribution in [1.82, 2.24) is 0 Å². The number of aryl methyl sites for hydroxylation is 3. The molecule has 0 nitrogen and oxygen atoms in total. The van der Waals surface area contributed by atoms with Crippen LogP contribution in [0, 0.1) is 0 Å². The summed E-state index contributed by atoms with van der Waals surface area (Å²) in [4.78, 5) is 0. The van der Waals surface area contributed by atoms with Gasteiger partial charge >= 0.3 is 0 Å². The van der Waals surface area contributed by atoms with E-state index in [1.54, 1.807) is 16.7 Å². The predicted molar refractivity (Wildman–Crippen MR) is 70.9 cm³/mol. The molecule has 0 atom stereocenters. The Bertz CT molecular complexity index is 325. The normalized spacial score (nSPS) is 13.3. The second-order valence-corrected chi connectivity index (χ2v) is 5.12. The minimum Gasteiger partial charge on any atom is -0.0654 e. The highest BCUT2D eigenvalue weighted by atomic mass is 14.2. The molecule has 1 aromatic rings. The first kappa shape index (κ1) is 11.7. The van der Waals surface area contributed by atoms with E-state index in [0.29, 0.717) is 0 Å². The lowest BCUT2D eigenvalue weighted by Crippen LogP contribution is -2.08. The van der Waals surface area contributed by atoms with Crippen molar-refractivity contribution in [2.45, 2.75) is 64.7 Å². The summed E-state index contributed by atoms with van der Waals surface area (Å²) in [5, 5.41) is 0. The van der Waals surface area contributed by atoms with Gasteiger partial charge in [0.1, 0.15) is 0 Å². The fraction of sp³-hybridized carbons (Fsp3) is 0.625. The van der Waals surface area contributed by atoms with Crippen LogP contribution in [0.15, 0.2) is 18.2 Å². The number of benzene rings is 1. The maximum Gasteiger partial charge on any atom is -0.0235 e. The molecule has 1 aliphatic rings. The van der Waals surface area contributed by atoms with Crippen LogP contribution in [0.3, 0.4) is 0 Å². The van der Waals surface area contributed by atoms with E-state index in [-0.39, 0.29) is 0 Å². The van der Waals surface area contributed by atoms with Crippen molar-refractivity contribution in [2.75, 3.05) is 0 Å². The zero-order valence-electron chi connectivity index (χ0n) is 10.6. The lowest BCUT2D eigenvalue weighted by Gasteiger charge is -2.19. The third kappa shape index (κ3) is 3.10. The molecule has 0 heterocycles. The second-order valence-electron chi connectivity index (χ2n) is 5.12. The molecular formula is C16H24. The number of unbranched alkanes of at least 4 members (excludes halogenated alkanes) is 5. The summed E-state index contributed by atoms with van der Waals surface area (Å²) in [6.07, 6.45) is 12.3. The summed E-state index contributed by atoms with van der Waals surface area (Å²) >= 11 is 0. The summed E-state index contributed by atoms with van der Waals surface area (Å²) in [7, 11) is 0. The Morgan fingerprint density at radius 2 is 1.62 bits per heavy atom. The van der Waals surface area contributed by atoms with Crippen molar-refractivity contribution in [3.63, 3.8) is 0 Å². The summed E-state index contributed by atoms with van der Waals surface area (Å²) in [5.41, 5.74) is 4.77. The molecule has 1 aliphatic carbocycles. The quantitative estimate of drug-likeness (QED) is 0.580. The fourth-order valence-corrected chi connectivity index (χ4v) is 2.51. The Kier molecular flexibility index (Phi) is 4.44. The third-order valence-electron chi connectivity index (χ3n) is 3.75. The van der Waals surface area contributed by atoms with E-state index >= 15 is 0 Å². The van der Waals surface area contributed by atoms with Crippen LogP contribution < -0.4 is 0 Å². The summed E-state index contributed by atoms with van der Waals surface area (Å²) in [6, 6.07) is 7.11. The van der Waals surface area contributed by atoms with E-state index in [9.17, 15) is 0 Å². The van der Waals surface area contributed by atoms with Gasteiger partial charge in [-0.15, -0.1) is 0 Å². The molecule has 0 fully saturated rings. The molecule has 0 saturated carbocycles. The molecular weight excluding hydrogens is 192 g/mol. The summed E-state index contributed by atoms with van der Waals surface area (Å²) < 4.78 is 0. The Hall–Kier alpha value is -0.780. The minimum atomic E-state index is 1.29. The van der Waals surface area contributed by atoms with Crippen LogP contribution in [0.5, 0.6) is 0 Å². The maximum absolute atomic E-state index is 2.44.